The lowest BCUT2D eigenvalue weighted by molar-refractivity contribution is 0.195. The minimum Gasteiger partial charge on any atom is -0.378 e. The van der Waals surface area contributed by atoms with Gasteiger partial charge >= 0.3 is 6.03 Å². The molecule has 2 aromatic rings. The molecule has 0 radical (unpaired) electrons. The van der Waals surface area contributed by atoms with Crippen LogP contribution in [-0.4, -0.2) is 57.4 Å². The van der Waals surface area contributed by atoms with Crippen molar-refractivity contribution in [3.63, 3.8) is 0 Å². The van der Waals surface area contributed by atoms with Crippen LogP contribution in [0.5, 0.6) is 0 Å². The molecule has 1 fully saturated rings. The van der Waals surface area contributed by atoms with E-state index in [0.717, 1.165) is 24.3 Å². The molecule has 0 atom stereocenters. The number of hydrogen-bond acceptors (Lipinski definition) is 4. The van der Waals surface area contributed by atoms with Gasteiger partial charge in [0.1, 0.15) is 0 Å². The van der Waals surface area contributed by atoms with Gasteiger partial charge < -0.3 is 14.7 Å². The Kier molecular flexibility index (Phi) is 5.73. The molecular weight excluding hydrogens is 326 g/mol. The van der Waals surface area contributed by atoms with E-state index in [9.17, 15) is 4.79 Å². The standard InChI is InChI=1S/C20H25N5O/c1-23(2)18-10-8-17(9-11-18)16-21-22-20(26)25-14-12-24(13-15-25)19-6-4-3-5-7-19/h3-11,16H,12-15H2,1-2H3,(H,22,26). The zero-order valence-corrected chi connectivity index (χ0v) is 15.3. The number of para-hydroxylation sites is 1. The number of anilines is 2. The molecular formula is C20H25N5O. The summed E-state index contributed by atoms with van der Waals surface area (Å²) in [5, 5.41) is 4.08. The molecule has 1 N–H and O–H groups in total. The summed E-state index contributed by atoms with van der Waals surface area (Å²) in [5.74, 6) is 0. The Morgan fingerprint density at radius 1 is 1.00 bits per heavy atom. The quantitative estimate of drug-likeness (QED) is 0.680. The van der Waals surface area contributed by atoms with Crippen LogP contribution >= 0.6 is 0 Å². The number of benzene rings is 2. The van der Waals surface area contributed by atoms with Gasteiger partial charge in [-0.15, -0.1) is 0 Å². The highest BCUT2D eigenvalue weighted by Gasteiger charge is 2.20. The number of piperazine rings is 1. The first-order valence-corrected chi connectivity index (χ1v) is 8.79. The normalized spacial score (nSPS) is 14.5. The van der Waals surface area contributed by atoms with Gasteiger partial charge in [0.25, 0.3) is 0 Å². The van der Waals surface area contributed by atoms with Crippen molar-refractivity contribution < 1.29 is 4.79 Å². The Morgan fingerprint density at radius 3 is 2.27 bits per heavy atom. The fourth-order valence-corrected chi connectivity index (χ4v) is 2.90. The minimum absolute atomic E-state index is 0.154. The van der Waals surface area contributed by atoms with Gasteiger partial charge in [-0.1, -0.05) is 30.3 Å². The van der Waals surface area contributed by atoms with Crippen LogP contribution in [-0.2, 0) is 0 Å². The van der Waals surface area contributed by atoms with E-state index in [0.29, 0.717) is 13.1 Å². The molecule has 2 aromatic carbocycles. The summed E-state index contributed by atoms with van der Waals surface area (Å²) in [6, 6.07) is 18.1. The van der Waals surface area contributed by atoms with Gasteiger partial charge in [0.2, 0.25) is 0 Å². The maximum Gasteiger partial charge on any atom is 0.337 e. The van der Waals surface area contributed by atoms with E-state index in [1.165, 1.54) is 5.69 Å². The van der Waals surface area contributed by atoms with E-state index in [4.69, 9.17) is 0 Å². The van der Waals surface area contributed by atoms with E-state index >= 15 is 0 Å². The SMILES string of the molecule is CN(C)c1ccc(C=NNC(=O)N2CCN(c3ccccc3)CC2)cc1. The Morgan fingerprint density at radius 2 is 1.65 bits per heavy atom. The van der Waals surface area contributed by atoms with Gasteiger partial charge in [-0.25, -0.2) is 10.2 Å². The smallest absolute Gasteiger partial charge is 0.337 e. The summed E-state index contributed by atoms with van der Waals surface area (Å²) in [5.41, 5.74) is 5.90. The summed E-state index contributed by atoms with van der Waals surface area (Å²) >= 11 is 0. The summed E-state index contributed by atoms with van der Waals surface area (Å²) in [6.07, 6.45) is 1.66. The molecule has 0 aromatic heterocycles. The monoisotopic (exact) mass is 351 g/mol. The van der Waals surface area contributed by atoms with Gasteiger partial charge in [-0.05, 0) is 29.8 Å². The van der Waals surface area contributed by atoms with Crippen LogP contribution < -0.4 is 15.2 Å². The summed E-state index contributed by atoms with van der Waals surface area (Å²) < 4.78 is 0. The van der Waals surface area contributed by atoms with Gasteiger partial charge in [0.05, 0.1) is 6.21 Å². The molecule has 26 heavy (non-hydrogen) atoms. The first-order valence-electron chi connectivity index (χ1n) is 8.79. The topological polar surface area (TPSA) is 51.2 Å². The van der Waals surface area contributed by atoms with E-state index in [1.807, 2.05) is 61.5 Å². The van der Waals surface area contributed by atoms with Crippen LogP contribution in [0.2, 0.25) is 0 Å². The maximum absolute atomic E-state index is 12.3. The van der Waals surface area contributed by atoms with E-state index < -0.39 is 0 Å². The summed E-state index contributed by atoms with van der Waals surface area (Å²) in [4.78, 5) is 18.4. The van der Waals surface area contributed by atoms with Crippen LogP contribution in [0.3, 0.4) is 0 Å². The highest BCUT2D eigenvalue weighted by Crippen LogP contribution is 2.15. The molecule has 1 aliphatic heterocycles. The van der Waals surface area contributed by atoms with E-state index in [1.54, 1.807) is 11.1 Å². The molecule has 0 aliphatic carbocycles. The molecule has 2 amide bonds. The number of carbonyl (C=O) groups is 1. The number of hydrazone groups is 1. The third kappa shape index (κ3) is 4.53. The third-order valence-electron chi connectivity index (χ3n) is 4.47. The van der Waals surface area contributed by atoms with Crippen LogP contribution in [0, 0.1) is 0 Å². The molecule has 0 unspecified atom stereocenters. The average molecular weight is 351 g/mol. The number of urea groups is 1. The van der Waals surface area contributed by atoms with Crippen molar-refractivity contribution in [2.24, 2.45) is 5.10 Å². The van der Waals surface area contributed by atoms with Crippen LogP contribution in [0.1, 0.15) is 5.56 Å². The molecule has 1 aliphatic rings. The molecule has 0 bridgehead atoms. The molecule has 3 rings (SSSR count). The zero-order chi connectivity index (χ0) is 18.4. The number of nitrogens with one attached hydrogen (secondary N) is 1. The first-order chi connectivity index (χ1) is 12.6. The molecule has 0 saturated carbocycles. The van der Waals surface area contributed by atoms with Crippen molar-refractivity contribution in [1.29, 1.82) is 0 Å². The fraction of sp³-hybridized carbons (Fsp3) is 0.300. The molecule has 6 nitrogen and oxygen atoms in total. The lowest BCUT2D eigenvalue weighted by Crippen LogP contribution is -2.51. The summed E-state index contributed by atoms with van der Waals surface area (Å²) in [7, 11) is 4.00. The van der Waals surface area contributed by atoms with Gasteiger partial charge in [-0.3, -0.25) is 0 Å². The Bertz CT molecular complexity index is 735. The largest absolute Gasteiger partial charge is 0.378 e. The summed E-state index contributed by atoms with van der Waals surface area (Å²) in [6.45, 7) is 3.03. The van der Waals surface area contributed by atoms with Gasteiger partial charge in [-0.2, -0.15) is 5.10 Å². The van der Waals surface area contributed by atoms with Crippen LogP contribution in [0.4, 0.5) is 16.2 Å². The highest BCUT2D eigenvalue weighted by atomic mass is 16.2. The Labute approximate surface area is 154 Å². The fourth-order valence-electron chi connectivity index (χ4n) is 2.90. The number of hydrogen-bond donors (Lipinski definition) is 1. The lowest BCUT2D eigenvalue weighted by atomic mass is 10.2. The van der Waals surface area contributed by atoms with Crippen molar-refractivity contribution in [1.82, 2.24) is 10.3 Å². The first kappa shape index (κ1) is 17.8. The minimum atomic E-state index is -0.154. The second-order valence-corrected chi connectivity index (χ2v) is 6.47. The van der Waals surface area contributed by atoms with Gasteiger partial charge in [0.15, 0.2) is 0 Å². The van der Waals surface area contributed by atoms with Crippen molar-refractivity contribution in [2.75, 3.05) is 50.1 Å². The number of rotatable bonds is 4. The van der Waals surface area contributed by atoms with Crippen molar-refractivity contribution in [3.8, 4) is 0 Å². The lowest BCUT2D eigenvalue weighted by Gasteiger charge is -2.35. The predicted octanol–water partition coefficient (Wildman–Crippen LogP) is 2.62. The molecule has 136 valence electrons. The van der Waals surface area contributed by atoms with Gasteiger partial charge in [0, 0.05) is 51.6 Å². The van der Waals surface area contributed by atoms with Crippen LogP contribution in [0.15, 0.2) is 59.7 Å². The van der Waals surface area contributed by atoms with Crippen molar-refractivity contribution in [3.05, 3.63) is 60.2 Å². The third-order valence-corrected chi connectivity index (χ3v) is 4.47. The van der Waals surface area contributed by atoms with Crippen molar-refractivity contribution >= 4 is 23.6 Å². The highest BCUT2D eigenvalue weighted by molar-refractivity contribution is 5.82. The number of amides is 2. The van der Waals surface area contributed by atoms with E-state index in [-0.39, 0.29) is 6.03 Å². The second kappa shape index (κ2) is 8.38. The number of carbonyl (C=O) groups excluding carboxylic acids is 1. The maximum atomic E-state index is 12.3. The Balaban J connectivity index is 1.47. The predicted molar refractivity (Wildman–Crippen MR) is 107 cm³/mol. The molecule has 0 spiro atoms. The average Bonchev–Trinajstić information content (AvgIpc) is 2.69. The van der Waals surface area contributed by atoms with Crippen LogP contribution in [0.25, 0.3) is 0 Å². The Hall–Kier alpha value is -3.02. The molecule has 1 saturated heterocycles. The van der Waals surface area contributed by atoms with Crippen molar-refractivity contribution in [2.45, 2.75) is 0 Å². The second-order valence-electron chi connectivity index (χ2n) is 6.47. The van der Waals surface area contributed by atoms with E-state index in [2.05, 4.69) is 27.6 Å². The molecule has 6 heteroatoms. The molecule has 1 heterocycles. The number of nitrogens with zero attached hydrogens (tertiary/aromatic N) is 4. The zero-order valence-electron chi connectivity index (χ0n) is 15.3.